The van der Waals surface area contributed by atoms with Crippen molar-refractivity contribution < 1.29 is 4.79 Å². The number of nitrogens with one attached hydrogen (secondary N) is 2. The molecule has 1 atom stereocenters. The van der Waals surface area contributed by atoms with Crippen molar-refractivity contribution in [3.8, 4) is 0 Å². The van der Waals surface area contributed by atoms with E-state index in [1.807, 2.05) is 6.08 Å². The molecule has 4 heteroatoms. The zero-order valence-electron chi connectivity index (χ0n) is 9.30. The first-order valence-electron chi connectivity index (χ1n) is 5.43. The first-order chi connectivity index (χ1) is 7.13. The molecule has 15 heavy (non-hydrogen) atoms. The molecule has 1 saturated heterocycles. The number of allylic oxidation sites excluding steroid dienone is 1. The third kappa shape index (κ3) is 4.08. The number of amidine groups is 1. The van der Waals surface area contributed by atoms with Gasteiger partial charge in [0.1, 0.15) is 0 Å². The minimum atomic E-state index is -0.118. The molecular weight excluding hydrogens is 208 g/mol. The molecule has 0 saturated carbocycles. The van der Waals surface area contributed by atoms with Gasteiger partial charge in [0.05, 0.1) is 4.91 Å². The molecule has 3 nitrogen and oxygen atoms in total. The lowest BCUT2D eigenvalue weighted by Gasteiger charge is -2.05. The van der Waals surface area contributed by atoms with Crippen molar-refractivity contribution >= 4 is 22.8 Å². The van der Waals surface area contributed by atoms with Gasteiger partial charge in [-0.05, 0) is 24.1 Å². The highest BCUT2D eigenvalue weighted by Gasteiger charge is 2.22. The molecule has 0 spiro atoms. The van der Waals surface area contributed by atoms with E-state index in [1.54, 1.807) is 0 Å². The Morgan fingerprint density at radius 3 is 2.80 bits per heavy atom. The van der Waals surface area contributed by atoms with Crippen LogP contribution in [0.1, 0.15) is 39.5 Å². The van der Waals surface area contributed by atoms with Crippen LogP contribution < -0.4 is 5.32 Å². The van der Waals surface area contributed by atoms with E-state index in [9.17, 15) is 4.79 Å². The van der Waals surface area contributed by atoms with Gasteiger partial charge in [-0.25, -0.2) is 0 Å². The molecule has 1 rings (SSSR count). The van der Waals surface area contributed by atoms with Gasteiger partial charge in [0.15, 0.2) is 5.17 Å². The van der Waals surface area contributed by atoms with Crippen LogP contribution in [0, 0.1) is 11.3 Å². The van der Waals surface area contributed by atoms with E-state index in [4.69, 9.17) is 5.41 Å². The Morgan fingerprint density at radius 1 is 1.53 bits per heavy atom. The van der Waals surface area contributed by atoms with Crippen molar-refractivity contribution in [3.05, 3.63) is 11.0 Å². The molecule has 0 radical (unpaired) electrons. The van der Waals surface area contributed by atoms with Crippen molar-refractivity contribution in [1.82, 2.24) is 5.32 Å². The van der Waals surface area contributed by atoms with Crippen LogP contribution in [0.2, 0.25) is 0 Å². The zero-order valence-corrected chi connectivity index (χ0v) is 10.1. The van der Waals surface area contributed by atoms with Crippen LogP contribution in [0.15, 0.2) is 11.0 Å². The maximum atomic E-state index is 11.3. The zero-order chi connectivity index (χ0) is 11.3. The number of amides is 1. The maximum Gasteiger partial charge on any atom is 0.263 e. The minimum absolute atomic E-state index is 0.118. The summed E-state index contributed by atoms with van der Waals surface area (Å²) in [6.45, 7) is 4.31. The van der Waals surface area contributed by atoms with Crippen LogP contribution in [0.3, 0.4) is 0 Å². The first kappa shape index (κ1) is 12.3. The Morgan fingerprint density at radius 2 is 2.27 bits per heavy atom. The Labute approximate surface area is 95.2 Å². The Hall–Kier alpha value is -0.770. The van der Waals surface area contributed by atoms with E-state index in [-0.39, 0.29) is 11.1 Å². The number of rotatable bonds is 5. The molecular formula is C11H18N2OS. The second-order valence-electron chi connectivity index (χ2n) is 3.89. The molecule has 0 bridgehead atoms. The van der Waals surface area contributed by atoms with Gasteiger partial charge in [-0.3, -0.25) is 10.2 Å². The van der Waals surface area contributed by atoms with Gasteiger partial charge >= 0.3 is 0 Å². The van der Waals surface area contributed by atoms with Gasteiger partial charge in [0.2, 0.25) is 0 Å². The summed E-state index contributed by atoms with van der Waals surface area (Å²) < 4.78 is 0. The predicted octanol–water partition coefficient (Wildman–Crippen LogP) is 2.88. The van der Waals surface area contributed by atoms with Crippen molar-refractivity contribution in [3.63, 3.8) is 0 Å². The third-order valence-electron chi connectivity index (χ3n) is 2.36. The second kappa shape index (κ2) is 5.95. The number of carbonyl (C=O) groups excluding carboxylic acids is 1. The largest absolute Gasteiger partial charge is 0.301 e. The highest BCUT2D eigenvalue weighted by molar-refractivity contribution is 8.18. The fourth-order valence-corrected chi connectivity index (χ4v) is 2.32. The van der Waals surface area contributed by atoms with Crippen LogP contribution in [0.5, 0.6) is 0 Å². The van der Waals surface area contributed by atoms with Crippen LogP contribution in [-0.4, -0.2) is 11.1 Å². The van der Waals surface area contributed by atoms with Gasteiger partial charge in [-0.2, -0.15) is 0 Å². The molecule has 0 aromatic carbocycles. The van der Waals surface area contributed by atoms with E-state index in [0.29, 0.717) is 10.8 Å². The normalized spacial score (nSPS) is 20.8. The Bertz CT molecular complexity index is 286. The summed E-state index contributed by atoms with van der Waals surface area (Å²) >= 11 is 1.22. The highest BCUT2D eigenvalue weighted by Crippen LogP contribution is 2.25. The molecule has 84 valence electrons. The molecule has 0 aromatic heterocycles. The Balaban J connectivity index is 2.41. The van der Waals surface area contributed by atoms with E-state index in [2.05, 4.69) is 19.2 Å². The first-order valence-corrected chi connectivity index (χ1v) is 6.24. The molecule has 2 N–H and O–H groups in total. The minimum Gasteiger partial charge on any atom is -0.301 e. The Kier molecular flexibility index (Phi) is 4.88. The molecule has 1 aliphatic rings. The van der Waals surface area contributed by atoms with Crippen LogP contribution in [0.4, 0.5) is 0 Å². The quantitative estimate of drug-likeness (QED) is 0.559. The number of unbranched alkanes of at least 4 members (excludes halogenated alkanes) is 2. The van der Waals surface area contributed by atoms with Crippen molar-refractivity contribution in [2.45, 2.75) is 39.5 Å². The fourth-order valence-electron chi connectivity index (χ4n) is 1.51. The smallest absolute Gasteiger partial charge is 0.263 e. The van der Waals surface area contributed by atoms with E-state index in [0.717, 1.165) is 6.42 Å². The van der Waals surface area contributed by atoms with Crippen LogP contribution >= 0.6 is 11.8 Å². The van der Waals surface area contributed by atoms with E-state index in [1.165, 1.54) is 31.0 Å². The van der Waals surface area contributed by atoms with Crippen molar-refractivity contribution in [1.29, 1.82) is 5.41 Å². The summed E-state index contributed by atoms with van der Waals surface area (Å²) in [6.07, 6.45) is 6.80. The fraction of sp³-hybridized carbons (Fsp3) is 0.636. The standard InChI is InChI=1S/C11H18N2OS/c1-3-4-5-6-8(2)7-9-10(14)13-11(12)15-9/h7-8H,3-6H2,1-2H3,(H2,12,13,14)/b9-7-. The third-order valence-corrected chi connectivity index (χ3v) is 3.21. The number of carbonyl (C=O) groups is 1. The second-order valence-corrected chi connectivity index (χ2v) is 4.94. The van der Waals surface area contributed by atoms with Crippen molar-refractivity contribution in [2.75, 3.05) is 0 Å². The monoisotopic (exact) mass is 226 g/mol. The molecule has 1 fully saturated rings. The van der Waals surface area contributed by atoms with Gasteiger partial charge in [-0.1, -0.05) is 39.2 Å². The lowest BCUT2D eigenvalue weighted by molar-refractivity contribution is -0.115. The molecule has 1 aliphatic heterocycles. The lowest BCUT2D eigenvalue weighted by Crippen LogP contribution is -2.18. The number of hydrogen-bond acceptors (Lipinski definition) is 3. The summed E-state index contributed by atoms with van der Waals surface area (Å²) in [7, 11) is 0. The number of thioether (sulfide) groups is 1. The van der Waals surface area contributed by atoms with Gasteiger partial charge in [0.25, 0.3) is 5.91 Å². The van der Waals surface area contributed by atoms with E-state index < -0.39 is 0 Å². The summed E-state index contributed by atoms with van der Waals surface area (Å²) in [5, 5.41) is 10.0. The van der Waals surface area contributed by atoms with Crippen LogP contribution in [0.25, 0.3) is 0 Å². The van der Waals surface area contributed by atoms with E-state index >= 15 is 0 Å². The molecule has 1 unspecified atom stereocenters. The summed E-state index contributed by atoms with van der Waals surface area (Å²) in [4.78, 5) is 12.0. The lowest BCUT2D eigenvalue weighted by atomic mass is 10.0. The predicted molar refractivity (Wildman–Crippen MR) is 64.8 cm³/mol. The summed E-state index contributed by atoms with van der Waals surface area (Å²) in [6, 6.07) is 0. The molecule has 1 heterocycles. The molecule has 0 aliphatic carbocycles. The summed E-state index contributed by atoms with van der Waals surface area (Å²) in [5.41, 5.74) is 0. The van der Waals surface area contributed by atoms with Gasteiger partial charge in [-0.15, -0.1) is 0 Å². The topological polar surface area (TPSA) is 53.0 Å². The van der Waals surface area contributed by atoms with Crippen LogP contribution in [-0.2, 0) is 4.79 Å². The SMILES string of the molecule is CCCCCC(C)/C=C1\SC(=N)NC1=O. The number of hydrogen-bond donors (Lipinski definition) is 2. The van der Waals surface area contributed by atoms with Gasteiger partial charge in [0, 0.05) is 0 Å². The highest BCUT2D eigenvalue weighted by atomic mass is 32.2. The average Bonchev–Trinajstić information content (AvgIpc) is 2.45. The summed E-state index contributed by atoms with van der Waals surface area (Å²) in [5.74, 6) is 0.308. The average molecular weight is 226 g/mol. The molecule has 0 aromatic rings. The molecule has 1 amide bonds. The van der Waals surface area contributed by atoms with Crippen molar-refractivity contribution in [2.24, 2.45) is 5.92 Å². The van der Waals surface area contributed by atoms with Gasteiger partial charge < -0.3 is 5.32 Å². The maximum absolute atomic E-state index is 11.3.